The average Bonchev–Trinajstić information content (AvgIpc) is 2.64. The zero-order valence-electron chi connectivity index (χ0n) is 15.0. The van der Waals surface area contributed by atoms with Crippen LogP contribution in [0.5, 0.6) is 11.5 Å². The summed E-state index contributed by atoms with van der Waals surface area (Å²) >= 11 is 0. The van der Waals surface area contributed by atoms with Gasteiger partial charge in [0.25, 0.3) is 0 Å². The molecular weight excluding hydrogens is 300 g/mol. The smallest absolute Gasteiger partial charge is 0.161 e. The first-order chi connectivity index (χ1) is 11.8. The number of hydrogen-bond donors (Lipinski definition) is 0. The highest BCUT2D eigenvalue weighted by molar-refractivity contribution is 5.42. The first kappa shape index (κ1) is 17.3. The van der Waals surface area contributed by atoms with E-state index in [0.29, 0.717) is 0 Å². The Balaban J connectivity index is 1.47. The summed E-state index contributed by atoms with van der Waals surface area (Å²) in [6.07, 6.45) is 8.59. The maximum Gasteiger partial charge on any atom is 0.161 e. The van der Waals surface area contributed by atoms with Crippen molar-refractivity contribution in [3.8, 4) is 11.5 Å². The molecule has 1 heterocycles. The molecule has 0 radical (unpaired) electrons. The van der Waals surface area contributed by atoms with Gasteiger partial charge in [-0.3, -0.25) is 4.90 Å². The second-order valence-electron chi connectivity index (χ2n) is 6.92. The summed E-state index contributed by atoms with van der Waals surface area (Å²) in [5, 5.41) is 0. The van der Waals surface area contributed by atoms with Crippen molar-refractivity contribution in [1.82, 2.24) is 9.80 Å². The molecule has 1 fully saturated rings. The molecule has 0 aromatic heterocycles. The van der Waals surface area contributed by atoms with Crippen LogP contribution < -0.4 is 9.47 Å². The number of nitrogens with zero attached hydrogens (tertiary/aromatic N) is 2. The van der Waals surface area contributed by atoms with Crippen LogP contribution >= 0.6 is 0 Å². The lowest BCUT2D eigenvalue weighted by atomic mass is 9.94. The molecule has 1 unspecified atom stereocenters. The van der Waals surface area contributed by atoms with Crippen LogP contribution in [0.1, 0.15) is 24.8 Å². The minimum Gasteiger partial charge on any atom is -0.493 e. The number of allylic oxidation sites excluding steroid dienone is 2. The fourth-order valence-corrected chi connectivity index (χ4v) is 3.75. The summed E-state index contributed by atoms with van der Waals surface area (Å²) in [6, 6.07) is 6.24. The number of rotatable bonds is 6. The molecule has 24 heavy (non-hydrogen) atoms. The van der Waals surface area contributed by atoms with Gasteiger partial charge in [0.1, 0.15) is 0 Å². The van der Waals surface area contributed by atoms with Gasteiger partial charge in [0.05, 0.1) is 14.2 Å². The van der Waals surface area contributed by atoms with Crippen molar-refractivity contribution in [3.05, 3.63) is 35.9 Å². The third kappa shape index (κ3) is 4.52. The maximum absolute atomic E-state index is 5.41. The van der Waals surface area contributed by atoms with Gasteiger partial charge in [-0.1, -0.05) is 18.2 Å². The van der Waals surface area contributed by atoms with Crippen LogP contribution in [0, 0.1) is 5.92 Å². The molecule has 0 saturated carbocycles. The van der Waals surface area contributed by atoms with Crippen LogP contribution in [0.25, 0.3) is 0 Å². The van der Waals surface area contributed by atoms with Gasteiger partial charge in [0, 0.05) is 39.3 Å². The molecule has 4 nitrogen and oxygen atoms in total. The summed E-state index contributed by atoms with van der Waals surface area (Å²) < 4.78 is 10.7. The number of ether oxygens (including phenoxy) is 2. The van der Waals surface area contributed by atoms with Crippen LogP contribution in [0.15, 0.2) is 30.4 Å². The molecule has 0 N–H and O–H groups in total. The molecule has 4 heteroatoms. The van der Waals surface area contributed by atoms with E-state index in [9.17, 15) is 0 Å². The van der Waals surface area contributed by atoms with Gasteiger partial charge in [-0.15, -0.1) is 0 Å². The largest absolute Gasteiger partial charge is 0.493 e. The first-order valence-electron chi connectivity index (χ1n) is 9.09. The lowest BCUT2D eigenvalue weighted by molar-refractivity contribution is 0.111. The van der Waals surface area contributed by atoms with E-state index >= 15 is 0 Å². The molecule has 1 aromatic rings. The van der Waals surface area contributed by atoms with Crippen molar-refractivity contribution in [2.24, 2.45) is 5.92 Å². The van der Waals surface area contributed by atoms with Crippen molar-refractivity contribution in [2.45, 2.75) is 25.8 Å². The van der Waals surface area contributed by atoms with Gasteiger partial charge in [0.15, 0.2) is 11.5 Å². The molecule has 0 spiro atoms. The number of benzene rings is 1. The predicted molar refractivity (Wildman–Crippen MR) is 97.7 cm³/mol. The Hall–Kier alpha value is -1.52. The Kier molecular flexibility index (Phi) is 6.16. The monoisotopic (exact) mass is 330 g/mol. The van der Waals surface area contributed by atoms with Crippen LogP contribution in [0.4, 0.5) is 0 Å². The molecule has 0 bridgehead atoms. The third-order valence-electron chi connectivity index (χ3n) is 5.21. The molecule has 1 aliphatic heterocycles. The maximum atomic E-state index is 5.41. The Bertz CT molecular complexity index is 551. The highest BCUT2D eigenvalue weighted by Crippen LogP contribution is 2.28. The highest BCUT2D eigenvalue weighted by atomic mass is 16.5. The van der Waals surface area contributed by atoms with Crippen molar-refractivity contribution >= 4 is 0 Å². The summed E-state index contributed by atoms with van der Waals surface area (Å²) in [5.41, 5.74) is 1.29. The molecule has 1 atom stereocenters. The molecule has 0 amide bonds. The standard InChI is InChI=1S/C20H30N2O2/c1-23-19-9-8-18(14-20(19)24-2)16-22-12-10-21(11-13-22)15-17-6-4-3-5-7-17/h3-4,8-9,14,17H,5-7,10-13,15-16H2,1-2H3. The average molecular weight is 330 g/mol. The van der Waals surface area contributed by atoms with E-state index in [1.807, 2.05) is 6.07 Å². The van der Waals surface area contributed by atoms with Gasteiger partial charge in [-0.2, -0.15) is 0 Å². The van der Waals surface area contributed by atoms with E-state index in [1.54, 1.807) is 14.2 Å². The molecule has 1 aromatic carbocycles. The molecule has 1 aliphatic carbocycles. The minimum absolute atomic E-state index is 0.799. The van der Waals surface area contributed by atoms with E-state index in [4.69, 9.17) is 9.47 Å². The summed E-state index contributed by atoms with van der Waals surface area (Å²) in [7, 11) is 3.37. The minimum atomic E-state index is 0.799. The number of methoxy groups -OCH3 is 2. The Labute approximate surface area is 146 Å². The fourth-order valence-electron chi connectivity index (χ4n) is 3.75. The number of piperazine rings is 1. The predicted octanol–water partition coefficient (Wildman–Crippen LogP) is 3.18. The van der Waals surface area contributed by atoms with Gasteiger partial charge in [0.2, 0.25) is 0 Å². The van der Waals surface area contributed by atoms with Gasteiger partial charge >= 0.3 is 0 Å². The SMILES string of the molecule is COc1ccc(CN2CCN(CC3CC=CCC3)CC2)cc1OC. The van der Waals surface area contributed by atoms with E-state index in [1.165, 1.54) is 44.5 Å². The van der Waals surface area contributed by atoms with Gasteiger partial charge < -0.3 is 14.4 Å². The zero-order valence-corrected chi connectivity index (χ0v) is 15.0. The summed E-state index contributed by atoms with van der Waals surface area (Å²) in [4.78, 5) is 5.19. The molecule has 132 valence electrons. The Morgan fingerprint density at radius 3 is 2.38 bits per heavy atom. The van der Waals surface area contributed by atoms with Crippen LogP contribution in [-0.2, 0) is 6.54 Å². The fraction of sp³-hybridized carbons (Fsp3) is 0.600. The Morgan fingerprint density at radius 2 is 1.71 bits per heavy atom. The summed E-state index contributed by atoms with van der Waals surface area (Å²) in [5.74, 6) is 2.49. The quantitative estimate of drug-likeness (QED) is 0.748. The van der Waals surface area contributed by atoms with Crippen LogP contribution in [-0.4, -0.2) is 56.7 Å². The zero-order chi connectivity index (χ0) is 16.8. The lowest BCUT2D eigenvalue weighted by Gasteiger charge is -2.36. The second kappa shape index (κ2) is 8.54. The van der Waals surface area contributed by atoms with E-state index in [0.717, 1.165) is 37.1 Å². The van der Waals surface area contributed by atoms with Crippen molar-refractivity contribution in [1.29, 1.82) is 0 Å². The Morgan fingerprint density at radius 1 is 0.958 bits per heavy atom. The first-order valence-corrected chi connectivity index (χ1v) is 9.09. The number of hydrogen-bond acceptors (Lipinski definition) is 4. The lowest BCUT2D eigenvalue weighted by Crippen LogP contribution is -2.47. The molecule has 3 rings (SSSR count). The normalized spacial score (nSPS) is 22.5. The molecule has 1 saturated heterocycles. The van der Waals surface area contributed by atoms with Crippen molar-refractivity contribution in [3.63, 3.8) is 0 Å². The topological polar surface area (TPSA) is 24.9 Å². The van der Waals surface area contributed by atoms with Gasteiger partial charge in [-0.05, 0) is 42.9 Å². The van der Waals surface area contributed by atoms with Crippen LogP contribution in [0.2, 0.25) is 0 Å². The van der Waals surface area contributed by atoms with Crippen LogP contribution in [0.3, 0.4) is 0 Å². The third-order valence-corrected chi connectivity index (χ3v) is 5.21. The molecule has 2 aliphatic rings. The van der Waals surface area contributed by atoms with Crippen molar-refractivity contribution < 1.29 is 9.47 Å². The van der Waals surface area contributed by atoms with E-state index in [2.05, 4.69) is 34.1 Å². The molecular formula is C20H30N2O2. The van der Waals surface area contributed by atoms with E-state index < -0.39 is 0 Å². The van der Waals surface area contributed by atoms with Crippen molar-refractivity contribution in [2.75, 3.05) is 46.9 Å². The highest BCUT2D eigenvalue weighted by Gasteiger charge is 2.20. The van der Waals surface area contributed by atoms with E-state index in [-0.39, 0.29) is 0 Å². The second-order valence-corrected chi connectivity index (χ2v) is 6.92. The van der Waals surface area contributed by atoms with Gasteiger partial charge in [-0.25, -0.2) is 0 Å². The summed E-state index contributed by atoms with van der Waals surface area (Å²) in [6.45, 7) is 6.93.